The maximum Gasteiger partial charge on any atom is 0.228 e. The summed E-state index contributed by atoms with van der Waals surface area (Å²) < 4.78 is 0. The first-order valence-corrected chi connectivity index (χ1v) is 6.27. The Labute approximate surface area is 101 Å². The van der Waals surface area contributed by atoms with Crippen molar-refractivity contribution in [2.24, 2.45) is 5.92 Å². The third-order valence-corrected chi connectivity index (χ3v) is 3.74. The van der Waals surface area contributed by atoms with Crippen LogP contribution in [0.25, 0.3) is 0 Å². The highest BCUT2D eigenvalue weighted by molar-refractivity contribution is 5.81. The lowest BCUT2D eigenvalue weighted by atomic mass is 10.00. The Morgan fingerprint density at radius 3 is 3.00 bits per heavy atom. The summed E-state index contributed by atoms with van der Waals surface area (Å²) in [5, 5.41) is 3.16. The molecule has 4 heteroatoms. The number of aromatic nitrogens is 1. The molecule has 1 N–H and O–H groups in total. The molecule has 2 saturated heterocycles. The highest BCUT2D eigenvalue weighted by Crippen LogP contribution is 2.32. The third-order valence-electron chi connectivity index (χ3n) is 3.74. The van der Waals surface area contributed by atoms with Crippen LogP contribution in [0.15, 0.2) is 24.5 Å². The van der Waals surface area contributed by atoms with Crippen LogP contribution in [0, 0.1) is 5.92 Å². The van der Waals surface area contributed by atoms with Crippen LogP contribution in [0.1, 0.15) is 24.4 Å². The molecule has 1 atom stereocenters. The van der Waals surface area contributed by atoms with E-state index in [1.54, 1.807) is 6.20 Å². The molecule has 1 aromatic heterocycles. The van der Waals surface area contributed by atoms with Gasteiger partial charge < -0.3 is 10.2 Å². The SMILES string of the molecule is O=C(C1CNC1)N1CCC[C@H]1c1cccnc1. The van der Waals surface area contributed by atoms with Crippen LogP contribution in [0.3, 0.4) is 0 Å². The van der Waals surface area contributed by atoms with E-state index in [-0.39, 0.29) is 12.0 Å². The van der Waals surface area contributed by atoms with Gasteiger partial charge in [-0.15, -0.1) is 0 Å². The Morgan fingerprint density at radius 1 is 1.47 bits per heavy atom. The molecular weight excluding hydrogens is 214 g/mol. The van der Waals surface area contributed by atoms with Gasteiger partial charge in [0.25, 0.3) is 0 Å². The predicted molar refractivity (Wildman–Crippen MR) is 64.3 cm³/mol. The van der Waals surface area contributed by atoms with Crippen molar-refractivity contribution >= 4 is 5.91 Å². The van der Waals surface area contributed by atoms with Gasteiger partial charge in [0, 0.05) is 32.0 Å². The molecule has 1 aromatic rings. The monoisotopic (exact) mass is 231 g/mol. The number of amides is 1. The summed E-state index contributed by atoms with van der Waals surface area (Å²) in [6.45, 7) is 2.58. The van der Waals surface area contributed by atoms with Crippen LogP contribution in [0.5, 0.6) is 0 Å². The summed E-state index contributed by atoms with van der Waals surface area (Å²) in [6, 6.07) is 4.26. The molecule has 0 unspecified atom stereocenters. The normalized spacial score (nSPS) is 24.7. The molecule has 2 aliphatic rings. The van der Waals surface area contributed by atoms with Crippen LogP contribution < -0.4 is 5.32 Å². The predicted octanol–water partition coefficient (Wildman–Crippen LogP) is 0.964. The van der Waals surface area contributed by atoms with E-state index in [1.165, 1.54) is 5.56 Å². The largest absolute Gasteiger partial charge is 0.335 e. The first kappa shape index (κ1) is 10.7. The van der Waals surface area contributed by atoms with Gasteiger partial charge in [0.15, 0.2) is 0 Å². The number of nitrogens with one attached hydrogen (secondary N) is 1. The molecule has 0 aromatic carbocycles. The van der Waals surface area contributed by atoms with Crippen molar-refractivity contribution in [3.05, 3.63) is 30.1 Å². The van der Waals surface area contributed by atoms with Crippen molar-refractivity contribution < 1.29 is 4.79 Å². The summed E-state index contributed by atoms with van der Waals surface area (Å²) in [7, 11) is 0. The summed E-state index contributed by atoms with van der Waals surface area (Å²) in [4.78, 5) is 18.5. The van der Waals surface area contributed by atoms with Gasteiger partial charge in [-0.3, -0.25) is 9.78 Å². The number of carbonyl (C=O) groups is 1. The van der Waals surface area contributed by atoms with Crippen molar-refractivity contribution in [1.29, 1.82) is 0 Å². The van der Waals surface area contributed by atoms with Crippen LogP contribution in [0.4, 0.5) is 0 Å². The van der Waals surface area contributed by atoms with Gasteiger partial charge in [0.05, 0.1) is 12.0 Å². The van der Waals surface area contributed by atoms with E-state index in [4.69, 9.17) is 0 Å². The van der Waals surface area contributed by atoms with Crippen molar-refractivity contribution in [3.63, 3.8) is 0 Å². The number of nitrogens with zero attached hydrogens (tertiary/aromatic N) is 2. The minimum absolute atomic E-state index is 0.201. The lowest BCUT2D eigenvalue weighted by molar-refractivity contribution is -0.138. The lowest BCUT2D eigenvalue weighted by Crippen LogP contribution is -2.51. The van der Waals surface area contributed by atoms with E-state index in [2.05, 4.69) is 16.4 Å². The zero-order chi connectivity index (χ0) is 11.7. The fourth-order valence-corrected chi connectivity index (χ4v) is 2.65. The molecule has 17 heavy (non-hydrogen) atoms. The standard InChI is InChI=1S/C13H17N3O/c17-13(11-8-15-9-11)16-6-2-4-12(16)10-3-1-5-14-7-10/h1,3,5,7,11-12,15H,2,4,6,8-9H2/t12-/m0/s1. The Bertz CT molecular complexity index is 402. The highest BCUT2D eigenvalue weighted by atomic mass is 16.2. The molecule has 2 fully saturated rings. The number of hydrogen-bond acceptors (Lipinski definition) is 3. The van der Waals surface area contributed by atoms with Crippen molar-refractivity contribution in [2.75, 3.05) is 19.6 Å². The number of hydrogen-bond donors (Lipinski definition) is 1. The highest BCUT2D eigenvalue weighted by Gasteiger charge is 2.36. The van der Waals surface area contributed by atoms with E-state index < -0.39 is 0 Å². The fourth-order valence-electron chi connectivity index (χ4n) is 2.65. The molecule has 0 saturated carbocycles. The van der Waals surface area contributed by atoms with Crippen molar-refractivity contribution in [1.82, 2.24) is 15.2 Å². The molecule has 1 amide bonds. The molecule has 3 heterocycles. The van der Waals surface area contributed by atoms with Crippen LogP contribution >= 0.6 is 0 Å². The number of rotatable bonds is 2. The fraction of sp³-hybridized carbons (Fsp3) is 0.538. The minimum atomic E-state index is 0.201. The molecule has 0 bridgehead atoms. The molecule has 2 aliphatic heterocycles. The smallest absolute Gasteiger partial charge is 0.228 e. The Balaban J connectivity index is 1.77. The zero-order valence-corrected chi connectivity index (χ0v) is 9.80. The number of pyridine rings is 1. The average Bonchev–Trinajstić information content (AvgIpc) is 2.76. The molecule has 0 radical (unpaired) electrons. The van der Waals surface area contributed by atoms with E-state index in [1.807, 2.05) is 17.2 Å². The third kappa shape index (κ3) is 1.93. The van der Waals surface area contributed by atoms with Crippen molar-refractivity contribution in [2.45, 2.75) is 18.9 Å². The van der Waals surface area contributed by atoms with E-state index in [9.17, 15) is 4.79 Å². The summed E-state index contributed by atoms with van der Waals surface area (Å²) in [5.74, 6) is 0.516. The first-order chi connectivity index (χ1) is 8.36. The van der Waals surface area contributed by atoms with Gasteiger partial charge in [-0.05, 0) is 24.5 Å². The van der Waals surface area contributed by atoms with Gasteiger partial charge in [-0.1, -0.05) is 6.07 Å². The molecule has 90 valence electrons. The molecular formula is C13H17N3O. The maximum atomic E-state index is 12.3. The summed E-state index contributed by atoms with van der Waals surface area (Å²) >= 11 is 0. The number of carbonyl (C=O) groups excluding carboxylic acids is 1. The number of likely N-dealkylation sites (tertiary alicyclic amines) is 1. The van der Waals surface area contributed by atoms with Gasteiger partial charge in [0.2, 0.25) is 5.91 Å². The minimum Gasteiger partial charge on any atom is -0.335 e. The Morgan fingerprint density at radius 2 is 2.35 bits per heavy atom. The van der Waals surface area contributed by atoms with Crippen LogP contribution in [-0.2, 0) is 4.79 Å². The zero-order valence-electron chi connectivity index (χ0n) is 9.80. The summed E-state index contributed by atoms with van der Waals surface area (Å²) in [6.07, 6.45) is 5.83. The van der Waals surface area contributed by atoms with Gasteiger partial charge in [-0.25, -0.2) is 0 Å². The lowest BCUT2D eigenvalue weighted by Gasteiger charge is -2.33. The quantitative estimate of drug-likeness (QED) is 0.824. The average molecular weight is 231 g/mol. The van der Waals surface area contributed by atoms with Gasteiger partial charge in [-0.2, -0.15) is 0 Å². The van der Waals surface area contributed by atoms with Crippen LogP contribution in [-0.4, -0.2) is 35.4 Å². The summed E-state index contributed by atoms with van der Waals surface area (Å²) in [5.41, 5.74) is 1.17. The second-order valence-electron chi connectivity index (χ2n) is 4.83. The van der Waals surface area contributed by atoms with Gasteiger partial charge >= 0.3 is 0 Å². The Hall–Kier alpha value is -1.42. The van der Waals surface area contributed by atoms with Crippen LogP contribution in [0.2, 0.25) is 0 Å². The van der Waals surface area contributed by atoms with Crippen molar-refractivity contribution in [3.8, 4) is 0 Å². The first-order valence-electron chi connectivity index (χ1n) is 6.27. The molecule has 0 aliphatic carbocycles. The second-order valence-corrected chi connectivity index (χ2v) is 4.83. The van der Waals surface area contributed by atoms with E-state index in [0.29, 0.717) is 5.91 Å². The maximum absolute atomic E-state index is 12.3. The Kier molecular flexibility index (Phi) is 2.81. The molecule has 3 rings (SSSR count). The molecule has 0 spiro atoms. The van der Waals surface area contributed by atoms with Gasteiger partial charge in [0.1, 0.15) is 0 Å². The molecule has 4 nitrogen and oxygen atoms in total. The second kappa shape index (κ2) is 4.45. The topological polar surface area (TPSA) is 45.2 Å². The van der Waals surface area contributed by atoms with E-state index in [0.717, 1.165) is 32.5 Å². The van der Waals surface area contributed by atoms with E-state index >= 15 is 0 Å².